The molecule has 0 aromatic heterocycles. The van der Waals surface area contributed by atoms with E-state index in [1.165, 1.54) is 13.8 Å². The van der Waals surface area contributed by atoms with Gasteiger partial charge in [0.1, 0.15) is 0 Å². The van der Waals surface area contributed by atoms with Crippen molar-refractivity contribution < 1.29 is 35.9 Å². The first kappa shape index (κ1) is 18.0. The molecule has 0 aliphatic heterocycles. The average molecular weight is 330 g/mol. The van der Waals surface area contributed by atoms with Gasteiger partial charge >= 0.3 is 5.97 Å². The van der Waals surface area contributed by atoms with E-state index in [4.69, 9.17) is 13.9 Å². The van der Waals surface area contributed by atoms with Crippen LogP contribution in [0.2, 0.25) is 0 Å². The van der Waals surface area contributed by atoms with Crippen molar-refractivity contribution in [2.24, 2.45) is 0 Å². The van der Waals surface area contributed by atoms with Gasteiger partial charge in [-0.15, -0.1) is 0 Å². The minimum absolute atomic E-state index is 0.0580. The number of hydrogen-bond donors (Lipinski definition) is 0. The van der Waals surface area contributed by atoms with Gasteiger partial charge in [0.25, 0.3) is 0 Å². The van der Waals surface area contributed by atoms with Gasteiger partial charge in [0.2, 0.25) is 6.17 Å². The molecule has 3 nitrogen and oxygen atoms in total. The Morgan fingerprint density at radius 2 is 1.57 bits per heavy atom. The predicted octanol–water partition coefficient (Wildman–Crippen LogP) is 2.28. The van der Waals surface area contributed by atoms with E-state index in [0.717, 1.165) is 0 Å². The summed E-state index contributed by atoms with van der Waals surface area (Å²) in [7, 11) is -0.0580. The molecule has 0 N–H and O–H groups in total. The summed E-state index contributed by atoms with van der Waals surface area (Å²) in [5.74, 6) is -10.0. The Balaban J connectivity index is 3.36. The first-order valence-corrected chi connectivity index (χ1v) is 6.96. The van der Waals surface area contributed by atoms with Gasteiger partial charge in [0, 0.05) is 18.8 Å². The number of ether oxygens (including phenoxy) is 2. The van der Waals surface area contributed by atoms with E-state index >= 15 is 0 Å². The van der Waals surface area contributed by atoms with Gasteiger partial charge in [-0.05, 0) is 19.9 Å². The Morgan fingerprint density at radius 1 is 1.05 bits per heavy atom. The first-order valence-electron chi connectivity index (χ1n) is 6.14. The molecule has 0 aliphatic carbocycles. The van der Waals surface area contributed by atoms with Crippen molar-refractivity contribution in [3.8, 4) is 0 Å². The highest BCUT2D eigenvalue weighted by Crippen LogP contribution is 2.37. The van der Waals surface area contributed by atoms with Crippen LogP contribution < -0.4 is 0 Å². The van der Waals surface area contributed by atoms with Crippen molar-refractivity contribution >= 4 is 10.5 Å². The van der Waals surface area contributed by atoms with Gasteiger partial charge in [0.15, 0.2) is 33.8 Å². The number of benzene rings is 1. The molecule has 1 aromatic rings. The normalized spacial score (nSPS) is 13.7. The molecular weight excluding hydrogens is 315 g/mol. The van der Waals surface area contributed by atoms with Crippen molar-refractivity contribution in [1.29, 1.82) is 0 Å². The number of halogens is 5. The van der Waals surface area contributed by atoms with Gasteiger partial charge in [-0.3, -0.25) is 0 Å². The molecule has 0 aliphatic rings. The lowest BCUT2D eigenvalue weighted by Crippen LogP contribution is -2.43. The van der Waals surface area contributed by atoms with Crippen LogP contribution in [0.3, 0.4) is 0 Å². The van der Waals surface area contributed by atoms with Crippen LogP contribution in [0, 0.1) is 23.3 Å². The summed E-state index contributed by atoms with van der Waals surface area (Å²) < 4.78 is 82.4. The number of rotatable bonds is 7. The molecule has 0 radical (unpaired) electrons. The smallest absolute Gasteiger partial charge is 0.310 e. The SMILES string of the molecule is CCOC(O[SiH3])(OCC)C(F)c1cc(F)c(F)c(F)c1F. The second kappa shape index (κ2) is 7.30. The van der Waals surface area contributed by atoms with E-state index in [1.54, 1.807) is 0 Å². The predicted molar refractivity (Wildman–Crippen MR) is 67.1 cm³/mol. The summed E-state index contributed by atoms with van der Waals surface area (Å²) in [6.07, 6.45) is -2.50. The molecule has 1 rings (SSSR count). The van der Waals surface area contributed by atoms with Crippen LogP contribution in [0.5, 0.6) is 0 Å². The first-order chi connectivity index (χ1) is 9.84. The van der Waals surface area contributed by atoms with Gasteiger partial charge in [-0.1, -0.05) is 0 Å². The van der Waals surface area contributed by atoms with Crippen LogP contribution >= 0.6 is 0 Å². The average Bonchev–Trinajstić information content (AvgIpc) is 2.47. The van der Waals surface area contributed by atoms with Crippen LogP contribution in [-0.4, -0.2) is 29.7 Å². The maximum Gasteiger partial charge on any atom is 0.310 e. The minimum Gasteiger partial charge on any atom is -0.378 e. The fourth-order valence-electron chi connectivity index (χ4n) is 1.78. The second-order valence-electron chi connectivity index (χ2n) is 3.93. The molecule has 1 aromatic carbocycles. The van der Waals surface area contributed by atoms with E-state index in [2.05, 4.69) is 0 Å². The molecule has 0 saturated heterocycles. The molecule has 120 valence electrons. The Kier molecular flexibility index (Phi) is 6.26. The number of alkyl halides is 1. The highest BCUT2D eigenvalue weighted by atomic mass is 28.2. The van der Waals surface area contributed by atoms with Crippen molar-refractivity contribution in [3.63, 3.8) is 0 Å². The lowest BCUT2D eigenvalue weighted by atomic mass is 10.1. The minimum atomic E-state index is -2.50. The second-order valence-corrected chi connectivity index (χ2v) is 4.33. The van der Waals surface area contributed by atoms with Gasteiger partial charge in [-0.2, -0.15) is 0 Å². The van der Waals surface area contributed by atoms with Gasteiger partial charge in [0.05, 0.1) is 0 Å². The summed E-state index contributed by atoms with van der Waals surface area (Å²) in [6, 6.07) is 0.214. The Bertz CT molecular complexity index is 494. The molecule has 9 heteroatoms. The quantitative estimate of drug-likeness (QED) is 0.252. The molecule has 0 spiro atoms. The van der Waals surface area contributed by atoms with E-state index in [1.807, 2.05) is 0 Å². The summed E-state index contributed by atoms with van der Waals surface area (Å²) in [6.45, 7) is 2.89. The maximum absolute atomic E-state index is 14.5. The Hall–Kier alpha value is -1.03. The maximum atomic E-state index is 14.5. The zero-order valence-corrected chi connectivity index (χ0v) is 13.7. The van der Waals surface area contributed by atoms with E-state index in [9.17, 15) is 22.0 Å². The van der Waals surface area contributed by atoms with Crippen molar-refractivity contribution in [1.82, 2.24) is 0 Å². The lowest BCUT2D eigenvalue weighted by Gasteiger charge is -2.34. The molecule has 0 fully saturated rings. The van der Waals surface area contributed by atoms with Crippen LogP contribution in [0.25, 0.3) is 0 Å². The molecule has 1 atom stereocenters. The highest BCUT2D eigenvalue weighted by Gasteiger charge is 2.45. The molecule has 0 bridgehead atoms. The van der Waals surface area contributed by atoms with E-state index in [-0.39, 0.29) is 29.8 Å². The van der Waals surface area contributed by atoms with E-state index < -0.39 is 41.0 Å². The molecule has 0 saturated carbocycles. The van der Waals surface area contributed by atoms with Crippen LogP contribution in [0.1, 0.15) is 25.6 Å². The van der Waals surface area contributed by atoms with Crippen molar-refractivity contribution in [2.45, 2.75) is 26.0 Å². The molecule has 1 unspecified atom stereocenters. The summed E-state index contributed by atoms with van der Waals surface area (Å²) in [5, 5.41) is 0. The van der Waals surface area contributed by atoms with E-state index in [0.29, 0.717) is 0 Å². The van der Waals surface area contributed by atoms with Crippen molar-refractivity contribution in [3.05, 3.63) is 34.9 Å². The third kappa shape index (κ3) is 3.42. The van der Waals surface area contributed by atoms with Crippen molar-refractivity contribution in [2.75, 3.05) is 13.2 Å². The largest absolute Gasteiger partial charge is 0.378 e. The van der Waals surface area contributed by atoms with Crippen LogP contribution in [-0.2, 0) is 13.9 Å². The molecule has 0 heterocycles. The fraction of sp³-hybridized carbons (Fsp3) is 0.500. The summed E-state index contributed by atoms with van der Waals surface area (Å²) in [5.41, 5.74) is -1.08. The molecular formula is C12H15F5O3Si. The van der Waals surface area contributed by atoms with Crippen LogP contribution in [0.4, 0.5) is 22.0 Å². The molecule has 0 amide bonds. The third-order valence-corrected chi connectivity index (χ3v) is 3.26. The Labute approximate surface area is 121 Å². The zero-order valence-electron chi connectivity index (χ0n) is 11.7. The highest BCUT2D eigenvalue weighted by molar-refractivity contribution is 5.98. The monoisotopic (exact) mass is 330 g/mol. The lowest BCUT2D eigenvalue weighted by molar-refractivity contribution is -0.370. The number of hydrogen-bond acceptors (Lipinski definition) is 3. The van der Waals surface area contributed by atoms with Crippen LogP contribution in [0.15, 0.2) is 6.07 Å². The van der Waals surface area contributed by atoms with Gasteiger partial charge in [-0.25, -0.2) is 22.0 Å². The summed E-state index contributed by atoms with van der Waals surface area (Å²) >= 11 is 0. The Morgan fingerprint density at radius 3 is 2.00 bits per heavy atom. The summed E-state index contributed by atoms with van der Waals surface area (Å²) in [4.78, 5) is 0. The van der Waals surface area contributed by atoms with Gasteiger partial charge < -0.3 is 13.9 Å². The topological polar surface area (TPSA) is 27.7 Å². The third-order valence-electron chi connectivity index (χ3n) is 2.69. The standard InChI is InChI=1S/C12H15F5O3Si/c1-3-18-12(20-21,19-4-2)11(17)6-5-7(13)9(15)10(16)8(6)14/h5,11H,3-4H2,1-2,21H3. The molecule has 21 heavy (non-hydrogen) atoms. The fourth-order valence-corrected chi connectivity index (χ4v) is 2.22. The zero-order chi connectivity index (χ0) is 16.2.